The SMILES string of the molecule is COc1ccc(-c2nc(C(=O)OCc3ncc(Cl)n3C)cs2)cc1. The van der Waals surface area contributed by atoms with Gasteiger partial charge in [-0.1, -0.05) is 11.6 Å². The zero-order chi connectivity index (χ0) is 17.1. The summed E-state index contributed by atoms with van der Waals surface area (Å²) < 4.78 is 12.0. The fourth-order valence-corrected chi connectivity index (χ4v) is 2.94. The molecule has 0 amide bonds. The summed E-state index contributed by atoms with van der Waals surface area (Å²) in [6, 6.07) is 7.48. The monoisotopic (exact) mass is 363 g/mol. The number of ether oxygens (including phenoxy) is 2. The summed E-state index contributed by atoms with van der Waals surface area (Å²) in [6.45, 7) is 0.0391. The molecule has 124 valence electrons. The molecule has 0 aliphatic carbocycles. The maximum Gasteiger partial charge on any atom is 0.358 e. The van der Waals surface area contributed by atoms with Crippen molar-refractivity contribution in [1.29, 1.82) is 0 Å². The van der Waals surface area contributed by atoms with Crippen LogP contribution in [-0.2, 0) is 18.4 Å². The third-order valence-electron chi connectivity index (χ3n) is 3.41. The molecular weight excluding hydrogens is 350 g/mol. The van der Waals surface area contributed by atoms with Crippen LogP contribution in [0.15, 0.2) is 35.8 Å². The number of halogens is 1. The Kier molecular flexibility index (Phi) is 4.82. The number of esters is 1. The molecule has 1 aromatic carbocycles. The summed E-state index contributed by atoms with van der Waals surface area (Å²) in [7, 11) is 3.37. The average Bonchev–Trinajstić information content (AvgIpc) is 3.22. The highest BCUT2D eigenvalue weighted by molar-refractivity contribution is 7.13. The maximum absolute atomic E-state index is 12.1. The van der Waals surface area contributed by atoms with Crippen molar-refractivity contribution in [2.24, 2.45) is 7.05 Å². The Labute approximate surface area is 147 Å². The lowest BCUT2D eigenvalue weighted by Crippen LogP contribution is -2.08. The number of methoxy groups -OCH3 is 1. The van der Waals surface area contributed by atoms with E-state index in [-0.39, 0.29) is 12.3 Å². The fourth-order valence-electron chi connectivity index (χ4n) is 2.00. The van der Waals surface area contributed by atoms with Gasteiger partial charge in [0, 0.05) is 18.0 Å². The van der Waals surface area contributed by atoms with Gasteiger partial charge in [0.05, 0.1) is 13.3 Å². The first kappa shape index (κ1) is 16.5. The van der Waals surface area contributed by atoms with Crippen molar-refractivity contribution in [2.75, 3.05) is 7.11 Å². The highest BCUT2D eigenvalue weighted by Gasteiger charge is 2.15. The van der Waals surface area contributed by atoms with Gasteiger partial charge < -0.3 is 14.0 Å². The van der Waals surface area contributed by atoms with Crippen LogP contribution in [0.1, 0.15) is 16.3 Å². The number of hydrogen-bond acceptors (Lipinski definition) is 6. The molecule has 0 bridgehead atoms. The van der Waals surface area contributed by atoms with Gasteiger partial charge in [-0.25, -0.2) is 14.8 Å². The second-order valence-corrected chi connectivity index (χ2v) is 6.14. The number of thiazole rings is 1. The highest BCUT2D eigenvalue weighted by Crippen LogP contribution is 2.26. The Hall–Kier alpha value is -2.38. The normalized spacial score (nSPS) is 10.6. The van der Waals surface area contributed by atoms with E-state index in [2.05, 4.69) is 9.97 Å². The van der Waals surface area contributed by atoms with Gasteiger partial charge in [0.15, 0.2) is 5.69 Å². The zero-order valence-corrected chi connectivity index (χ0v) is 14.6. The molecule has 8 heteroatoms. The lowest BCUT2D eigenvalue weighted by atomic mass is 10.2. The van der Waals surface area contributed by atoms with Crippen molar-refractivity contribution in [3.8, 4) is 16.3 Å². The Bertz CT molecular complexity index is 858. The molecular formula is C16H14ClN3O3S. The van der Waals surface area contributed by atoms with E-state index in [0.29, 0.717) is 11.0 Å². The van der Waals surface area contributed by atoms with E-state index in [1.54, 1.807) is 24.1 Å². The number of aromatic nitrogens is 3. The molecule has 0 aliphatic heterocycles. The predicted molar refractivity (Wildman–Crippen MR) is 91.4 cm³/mol. The van der Waals surface area contributed by atoms with Gasteiger partial charge in [-0.2, -0.15) is 0 Å². The van der Waals surface area contributed by atoms with Crippen LogP contribution < -0.4 is 4.74 Å². The van der Waals surface area contributed by atoms with Crippen LogP contribution in [0.3, 0.4) is 0 Å². The predicted octanol–water partition coefficient (Wildman–Crippen LogP) is 3.56. The summed E-state index contributed by atoms with van der Waals surface area (Å²) in [4.78, 5) is 20.5. The molecule has 0 spiro atoms. The third-order valence-corrected chi connectivity index (χ3v) is 4.65. The van der Waals surface area contributed by atoms with E-state index in [1.807, 2.05) is 24.3 Å². The minimum atomic E-state index is -0.495. The van der Waals surface area contributed by atoms with Crippen molar-refractivity contribution in [3.63, 3.8) is 0 Å². The molecule has 0 unspecified atom stereocenters. The van der Waals surface area contributed by atoms with E-state index in [4.69, 9.17) is 21.1 Å². The number of rotatable bonds is 5. The van der Waals surface area contributed by atoms with E-state index in [1.165, 1.54) is 17.5 Å². The van der Waals surface area contributed by atoms with E-state index in [9.17, 15) is 4.79 Å². The summed E-state index contributed by atoms with van der Waals surface area (Å²) in [5, 5.41) is 2.90. The molecule has 3 rings (SSSR count). The van der Waals surface area contributed by atoms with E-state index < -0.39 is 5.97 Å². The third kappa shape index (κ3) is 3.42. The first-order valence-electron chi connectivity index (χ1n) is 7.01. The van der Waals surface area contributed by atoms with Gasteiger partial charge in [0.1, 0.15) is 28.3 Å². The Balaban J connectivity index is 1.68. The van der Waals surface area contributed by atoms with Crippen LogP contribution in [0, 0.1) is 0 Å². The summed E-state index contributed by atoms with van der Waals surface area (Å²) in [5.74, 6) is 0.841. The van der Waals surface area contributed by atoms with Gasteiger partial charge in [-0.3, -0.25) is 0 Å². The zero-order valence-electron chi connectivity index (χ0n) is 13.0. The molecule has 0 aliphatic rings. The molecule has 6 nitrogen and oxygen atoms in total. The lowest BCUT2D eigenvalue weighted by molar-refractivity contribution is 0.0453. The molecule has 0 fully saturated rings. The van der Waals surface area contributed by atoms with Crippen LogP contribution in [0.2, 0.25) is 5.15 Å². The van der Waals surface area contributed by atoms with Crippen LogP contribution in [0.25, 0.3) is 10.6 Å². The largest absolute Gasteiger partial charge is 0.497 e. The quantitative estimate of drug-likeness (QED) is 0.648. The molecule has 0 N–H and O–H groups in total. The van der Waals surface area contributed by atoms with E-state index >= 15 is 0 Å². The Morgan fingerprint density at radius 1 is 1.33 bits per heavy atom. The molecule has 0 saturated carbocycles. The van der Waals surface area contributed by atoms with Crippen molar-refractivity contribution in [1.82, 2.24) is 14.5 Å². The number of carbonyl (C=O) groups excluding carboxylic acids is 1. The molecule has 0 radical (unpaired) electrons. The Morgan fingerprint density at radius 3 is 2.71 bits per heavy atom. The van der Waals surface area contributed by atoms with Crippen LogP contribution >= 0.6 is 22.9 Å². The summed E-state index contributed by atoms with van der Waals surface area (Å²) >= 11 is 7.27. The smallest absolute Gasteiger partial charge is 0.358 e. The van der Waals surface area contributed by atoms with Gasteiger partial charge in [-0.15, -0.1) is 11.3 Å². The van der Waals surface area contributed by atoms with Crippen molar-refractivity contribution in [2.45, 2.75) is 6.61 Å². The van der Waals surface area contributed by atoms with Crippen molar-refractivity contribution >= 4 is 28.9 Å². The number of nitrogens with zero attached hydrogens (tertiary/aromatic N) is 3. The second-order valence-electron chi connectivity index (χ2n) is 4.90. The first-order valence-corrected chi connectivity index (χ1v) is 8.27. The van der Waals surface area contributed by atoms with Crippen LogP contribution in [0.5, 0.6) is 5.75 Å². The molecule has 0 saturated heterocycles. The van der Waals surface area contributed by atoms with Gasteiger partial charge >= 0.3 is 5.97 Å². The van der Waals surface area contributed by atoms with Crippen molar-refractivity contribution < 1.29 is 14.3 Å². The molecule has 3 aromatic rings. The first-order chi connectivity index (χ1) is 11.6. The average molecular weight is 364 g/mol. The molecule has 24 heavy (non-hydrogen) atoms. The van der Waals surface area contributed by atoms with Gasteiger partial charge in [0.2, 0.25) is 0 Å². The van der Waals surface area contributed by atoms with Crippen molar-refractivity contribution in [3.05, 3.63) is 52.5 Å². The molecule has 2 aromatic heterocycles. The number of imidazole rings is 1. The van der Waals surface area contributed by atoms with Crippen LogP contribution in [-0.4, -0.2) is 27.6 Å². The number of hydrogen-bond donors (Lipinski definition) is 0. The molecule has 0 atom stereocenters. The van der Waals surface area contributed by atoms with E-state index in [0.717, 1.165) is 16.3 Å². The standard InChI is InChI=1S/C16H14ClN3O3S/c1-20-13(17)7-18-14(20)8-23-16(21)12-9-24-15(19-12)10-3-5-11(22-2)6-4-10/h3-7,9H,8H2,1-2H3. The number of carbonyl (C=O) groups is 1. The fraction of sp³-hybridized carbons (Fsp3) is 0.188. The summed E-state index contributed by atoms with van der Waals surface area (Å²) in [5.41, 5.74) is 1.18. The van der Waals surface area contributed by atoms with Crippen LogP contribution in [0.4, 0.5) is 0 Å². The topological polar surface area (TPSA) is 66.2 Å². The summed E-state index contributed by atoms with van der Waals surface area (Å²) in [6.07, 6.45) is 1.51. The minimum absolute atomic E-state index is 0.0391. The maximum atomic E-state index is 12.1. The Morgan fingerprint density at radius 2 is 2.08 bits per heavy atom. The van der Waals surface area contributed by atoms with Gasteiger partial charge in [-0.05, 0) is 24.3 Å². The molecule has 2 heterocycles. The second kappa shape index (κ2) is 7.02. The van der Waals surface area contributed by atoms with Gasteiger partial charge in [0.25, 0.3) is 0 Å². The lowest BCUT2D eigenvalue weighted by Gasteiger charge is -2.03. The minimum Gasteiger partial charge on any atom is -0.497 e. The highest BCUT2D eigenvalue weighted by atomic mass is 35.5. The number of benzene rings is 1.